The number of rotatable bonds is 7. The quantitative estimate of drug-likeness (QED) is 0.753. The van der Waals surface area contributed by atoms with Crippen LogP contribution in [0.3, 0.4) is 0 Å². The number of ether oxygens (including phenoxy) is 2. The minimum absolute atomic E-state index is 0.182. The molecule has 2 amide bonds. The van der Waals surface area contributed by atoms with E-state index in [1.54, 1.807) is 14.2 Å². The molecule has 0 aliphatic heterocycles. The van der Waals surface area contributed by atoms with Crippen molar-refractivity contribution in [2.24, 2.45) is 0 Å². The largest absolute Gasteiger partial charge is 0.497 e. The van der Waals surface area contributed by atoms with Gasteiger partial charge in [0.1, 0.15) is 5.75 Å². The van der Waals surface area contributed by atoms with E-state index in [0.717, 1.165) is 11.1 Å². The van der Waals surface area contributed by atoms with E-state index in [4.69, 9.17) is 9.47 Å². The van der Waals surface area contributed by atoms with Crippen molar-refractivity contribution in [1.29, 1.82) is 0 Å². The van der Waals surface area contributed by atoms with Gasteiger partial charge in [-0.3, -0.25) is 9.59 Å². The fourth-order valence-electron chi connectivity index (χ4n) is 2.30. The monoisotopic (exact) mass is 342 g/mol. The third-order valence-corrected chi connectivity index (χ3v) is 3.70. The topological polar surface area (TPSA) is 76.7 Å². The number of hydrogen-bond donors (Lipinski definition) is 2. The summed E-state index contributed by atoms with van der Waals surface area (Å²) in [6, 6.07) is 16.8. The molecule has 2 N–H and O–H groups in total. The van der Waals surface area contributed by atoms with Crippen LogP contribution in [0.15, 0.2) is 54.6 Å². The van der Waals surface area contributed by atoms with Crippen molar-refractivity contribution in [3.05, 3.63) is 65.7 Å². The molecule has 6 heteroatoms. The van der Waals surface area contributed by atoms with E-state index >= 15 is 0 Å². The average molecular weight is 342 g/mol. The predicted molar refractivity (Wildman–Crippen MR) is 94.0 cm³/mol. The van der Waals surface area contributed by atoms with Gasteiger partial charge < -0.3 is 20.1 Å². The SMILES string of the molecule is COc1cccc([C@H](CNC(=O)C(=O)NCc2ccccc2)OC)c1. The molecule has 0 aromatic heterocycles. The van der Waals surface area contributed by atoms with Crippen LogP contribution in [0.4, 0.5) is 0 Å². The first kappa shape index (κ1) is 18.5. The summed E-state index contributed by atoms with van der Waals surface area (Å²) in [4.78, 5) is 23.8. The second-order valence-electron chi connectivity index (χ2n) is 5.38. The van der Waals surface area contributed by atoms with Crippen molar-refractivity contribution in [3.8, 4) is 5.75 Å². The lowest BCUT2D eigenvalue weighted by molar-refractivity contribution is -0.139. The van der Waals surface area contributed by atoms with Crippen LogP contribution in [-0.4, -0.2) is 32.6 Å². The highest BCUT2D eigenvalue weighted by Gasteiger charge is 2.17. The van der Waals surface area contributed by atoms with Crippen LogP contribution in [0.1, 0.15) is 17.2 Å². The Hall–Kier alpha value is -2.86. The summed E-state index contributed by atoms with van der Waals surface area (Å²) in [6.07, 6.45) is -0.374. The van der Waals surface area contributed by atoms with Gasteiger partial charge in [-0.1, -0.05) is 42.5 Å². The smallest absolute Gasteiger partial charge is 0.309 e. The molecule has 2 rings (SSSR count). The lowest BCUT2D eigenvalue weighted by Gasteiger charge is -2.17. The summed E-state index contributed by atoms with van der Waals surface area (Å²) in [5, 5.41) is 5.18. The minimum atomic E-state index is -0.694. The fourth-order valence-corrected chi connectivity index (χ4v) is 2.30. The summed E-state index contributed by atoms with van der Waals surface area (Å²) in [5.41, 5.74) is 1.78. The summed E-state index contributed by atoms with van der Waals surface area (Å²) in [5.74, 6) is -0.670. The highest BCUT2D eigenvalue weighted by molar-refractivity contribution is 6.35. The Morgan fingerprint density at radius 3 is 2.36 bits per heavy atom. The van der Waals surface area contributed by atoms with Crippen LogP contribution in [0.5, 0.6) is 5.75 Å². The fraction of sp³-hybridized carbons (Fsp3) is 0.263. The van der Waals surface area contributed by atoms with Gasteiger partial charge in [-0.2, -0.15) is 0 Å². The van der Waals surface area contributed by atoms with Crippen LogP contribution >= 0.6 is 0 Å². The molecule has 2 aromatic rings. The molecule has 0 aliphatic rings. The molecule has 0 heterocycles. The van der Waals surface area contributed by atoms with Crippen LogP contribution in [-0.2, 0) is 20.9 Å². The van der Waals surface area contributed by atoms with Gasteiger partial charge in [-0.25, -0.2) is 0 Å². The zero-order valence-electron chi connectivity index (χ0n) is 14.3. The van der Waals surface area contributed by atoms with E-state index in [1.807, 2.05) is 54.6 Å². The first-order chi connectivity index (χ1) is 12.1. The molecule has 0 radical (unpaired) electrons. The maximum Gasteiger partial charge on any atom is 0.309 e. The maximum atomic E-state index is 11.9. The van der Waals surface area contributed by atoms with Crippen LogP contribution in [0, 0.1) is 0 Å². The Labute approximate surface area is 147 Å². The van der Waals surface area contributed by atoms with Crippen molar-refractivity contribution >= 4 is 11.8 Å². The van der Waals surface area contributed by atoms with E-state index in [2.05, 4.69) is 10.6 Å². The van der Waals surface area contributed by atoms with Crippen LogP contribution in [0.25, 0.3) is 0 Å². The van der Waals surface area contributed by atoms with Gasteiger partial charge in [0, 0.05) is 20.2 Å². The zero-order valence-corrected chi connectivity index (χ0v) is 14.3. The molecule has 6 nitrogen and oxygen atoms in total. The van der Waals surface area contributed by atoms with Crippen molar-refractivity contribution < 1.29 is 19.1 Å². The summed E-state index contributed by atoms with van der Waals surface area (Å²) < 4.78 is 10.6. The van der Waals surface area contributed by atoms with E-state index in [-0.39, 0.29) is 12.6 Å². The van der Waals surface area contributed by atoms with Crippen molar-refractivity contribution in [1.82, 2.24) is 10.6 Å². The molecule has 0 unspecified atom stereocenters. The van der Waals surface area contributed by atoms with E-state index in [9.17, 15) is 9.59 Å². The zero-order chi connectivity index (χ0) is 18.1. The third-order valence-electron chi connectivity index (χ3n) is 3.70. The molecule has 0 spiro atoms. The highest BCUT2D eigenvalue weighted by Crippen LogP contribution is 2.20. The highest BCUT2D eigenvalue weighted by atomic mass is 16.5. The number of carbonyl (C=O) groups is 2. The number of amides is 2. The molecule has 132 valence electrons. The summed E-state index contributed by atoms with van der Waals surface area (Å²) >= 11 is 0. The normalized spacial score (nSPS) is 11.4. The number of benzene rings is 2. The standard InChI is InChI=1S/C19H22N2O4/c1-24-16-10-6-9-15(11-16)17(25-2)13-21-19(23)18(22)20-12-14-7-4-3-5-8-14/h3-11,17H,12-13H2,1-2H3,(H,20,22)(H,21,23)/t17-/m0/s1. The maximum absolute atomic E-state index is 11.9. The molecule has 25 heavy (non-hydrogen) atoms. The first-order valence-corrected chi connectivity index (χ1v) is 7.90. The Kier molecular flexibility index (Phi) is 6.98. The second-order valence-corrected chi connectivity index (χ2v) is 5.38. The summed E-state index contributed by atoms with van der Waals surface area (Å²) in [6.45, 7) is 0.484. The summed E-state index contributed by atoms with van der Waals surface area (Å²) in [7, 11) is 3.13. The molecule has 0 saturated heterocycles. The van der Waals surface area contributed by atoms with E-state index in [1.165, 1.54) is 0 Å². The van der Waals surface area contributed by atoms with E-state index < -0.39 is 11.8 Å². The van der Waals surface area contributed by atoms with Crippen molar-refractivity contribution in [3.63, 3.8) is 0 Å². The van der Waals surface area contributed by atoms with Crippen molar-refractivity contribution in [2.75, 3.05) is 20.8 Å². The molecule has 0 fully saturated rings. The van der Waals surface area contributed by atoms with Gasteiger partial charge >= 0.3 is 11.8 Å². The minimum Gasteiger partial charge on any atom is -0.497 e. The van der Waals surface area contributed by atoms with Gasteiger partial charge in [-0.15, -0.1) is 0 Å². The van der Waals surface area contributed by atoms with E-state index in [0.29, 0.717) is 12.3 Å². The lowest BCUT2D eigenvalue weighted by Crippen LogP contribution is -2.41. The molecule has 0 bridgehead atoms. The third kappa shape index (κ3) is 5.61. The molecule has 1 atom stereocenters. The molecular weight excluding hydrogens is 320 g/mol. The van der Waals surface area contributed by atoms with Gasteiger partial charge in [0.15, 0.2) is 0 Å². The van der Waals surface area contributed by atoms with Crippen molar-refractivity contribution in [2.45, 2.75) is 12.6 Å². The second kappa shape index (κ2) is 9.44. The van der Waals surface area contributed by atoms with Gasteiger partial charge in [-0.05, 0) is 23.3 Å². The first-order valence-electron chi connectivity index (χ1n) is 7.90. The Bertz CT molecular complexity index is 704. The molecule has 0 saturated carbocycles. The van der Waals surface area contributed by atoms with Gasteiger partial charge in [0.25, 0.3) is 0 Å². The van der Waals surface area contributed by atoms with Gasteiger partial charge in [0.05, 0.1) is 13.2 Å². The number of methoxy groups -OCH3 is 2. The Balaban J connectivity index is 1.85. The predicted octanol–water partition coefficient (Wildman–Crippen LogP) is 1.82. The molecule has 0 aliphatic carbocycles. The van der Waals surface area contributed by atoms with Gasteiger partial charge in [0.2, 0.25) is 0 Å². The average Bonchev–Trinajstić information content (AvgIpc) is 2.67. The molecular formula is C19H22N2O4. The number of carbonyl (C=O) groups excluding carboxylic acids is 2. The van der Waals surface area contributed by atoms with Crippen LogP contribution in [0.2, 0.25) is 0 Å². The number of hydrogen-bond acceptors (Lipinski definition) is 4. The van der Waals surface area contributed by atoms with Crippen LogP contribution < -0.4 is 15.4 Å². The molecule has 2 aromatic carbocycles. The lowest BCUT2D eigenvalue weighted by atomic mass is 10.1. The Morgan fingerprint density at radius 1 is 0.960 bits per heavy atom. The number of nitrogens with one attached hydrogen (secondary N) is 2. The Morgan fingerprint density at radius 2 is 1.68 bits per heavy atom.